The molecule has 1 heterocycles. The van der Waals surface area contributed by atoms with E-state index >= 15 is 0 Å². The van der Waals surface area contributed by atoms with Gasteiger partial charge in [0.25, 0.3) is 0 Å². The summed E-state index contributed by atoms with van der Waals surface area (Å²) in [6.07, 6.45) is 3.53. The Morgan fingerprint density at radius 2 is 1.70 bits per heavy atom. The molecule has 0 aliphatic heterocycles. The second kappa shape index (κ2) is 4.35. The van der Waals surface area contributed by atoms with Crippen LogP contribution in [0.1, 0.15) is 25.6 Å². The van der Waals surface area contributed by atoms with Crippen LogP contribution >= 0.6 is 9.90 Å². The van der Waals surface area contributed by atoms with Crippen LogP contribution in [0.5, 0.6) is 0 Å². The Morgan fingerprint density at radius 3 is 2.00 bits per heavy atom. The Morgan fingerprint density at radius 1 is 1.20 bits per heavy atom. The van der Waals surface area contributed by atoms with Gasteiger partial charge in [0, 0.05) is 18.3 Å². The predicted octanol–water partition coefficient (Wildman–Crippen LogP) is 1.66. The molecule has 56 valence electrons. The van der Waals surface area contributed by atoms with Crippen molar-refractivity contribution < 1.29 is 0 Å². The van der Waals surface area contributed by atoms with E-state index in [1.54, 1.807) is 12.4 Å². The van der Waals surface area contributed by atoms with Gasteiger partial charge in [-0.15, -0.1) is 0 Å². The van der Waals surface area contributed by atoms with Crippen LogP contribution in [0.15, 0.2) is 18.5 Å². The second-order valence-electron chi connectivity index (χ2n) is 2.26. The minimum Gasteiger partial charge on any atom is -0.241 e. The van der Waals surface area contributed by atoms with E-state index in [0.717, 1.165) is 5.82 Å². The number of hydrogen-bond acceptors (Lipinski definition) is 2. The summed E-state index contributed by atoms with van der Waals surface area (Å²) in [5, 5.41) is 0. The molecule has 0 saturated carbocycles. The third-order valence-electron chi connectivity index (χ3n) is 1.10. The van der Waals surface area contributed by atoms with Crippen molar-refractivity contribution in [3.8, 4) is 0 Å². The first-order chi connectivity index (χ1) is 4.30. The van der Waals surface area contributed by atoms with Gasteiger partial charge in [0.15, 0.2) is 0 Å². The van der Waals surface area contributed by atoms with Crippen LogP contribution in [-0.4, -0.2) is 9.97 Å². The quantitative estimate of drug-likeness (QED) is 0.578. The highest BCUT2D eigenvalue weighted by Gasteiger charge is 1.97. The lowest BCUT2D eigenvalue weighted by atomic mass is 10.2. The Labute approximate surface area is 64.7 Å². The van der Waals surface area contributed by atoms with Crippen molar-refractivity contribution in [3.05, 3.63) is 24.3 Å². The molecule has 1 unspecified atom stereocenters. The van der Waals surface area contributed by atoms with E-state index in [0.29, 0.717) is 5.92 Å². The zero-order valence-electron chi connectivity index (χ0n) is 6.41. The molecule has 0 saturated heterocycles. The molecule has 1 aromatic heterocycles. The average Bonchev–Trinajstić information content (AvgIpc) is 1.90. The summed E-state index contributed by atoms with van der Waals surface area (Å²) in [7, 11) is 0. The van der Waals surface area contributed by atoms with Crippen molar-refractivity contribution in [2.24, 2.45) is 0 Å². The molecule has 0 aromatic carbocycles. The lowest BCUT2D eigenvalue weighted by Crippen LogP contribution is -1.93. The van der Waals surface area contributed by atoms with Crippen LogP contribution in [0.25, 0.3) is 0 Å². The third-order valence-corrected chi connectivity index (χ3v) is 1.10. The summed E-state index contributed by atoms with van der Waals surface area (Å²) in [6, 6.07) is 1.83. The molecule has 0 fully saturated rings. The molecule has 0 N–H and O–H groups in total. The molecule has 0 amide bonds. The lowest BCUT2D eigenvalue weighted by Gasteiger charge is -1.98. The summed E-state index contributed by atoms with van der Waals surface area (Å²) >= 11 is 0. The molecule has 1 atom stereocenters. The number of rotatable bonds is 1. The summed E-state index contributed by atoms with van der Waals surface area (Å²) in [6.45, 7) is 4.16. The molecular weight excluding hydrogens is 143 g/mol. The van der Waals surface area contributed by atoms with Crippen LogP contribution in [0, 0.1) is 0 Å². The topological polar surface area (TPSA) is 25.8 Å². The first kappa shape index (κ1) is 9.51. The lowest BCUT2D eigenvalue weighted by molar-refractivity contribution is 0.774. The van der Waals surface area contributed by atoms with Crippen molar-refractivity contribution in [1.82, 2.24) is 9.97 Å². The first-order valence-corrected chi connectivity index (χ1v) is 3.07. The van der Waals surface area contributed by atoms with Crippen molar-refractivity contribution in [3.63, 3.8) is 0 Å². The van der Waals surface area contributed by atoms with E-state index in [1.165, 1.54) is 0 Å². The first-order valence-electron chi connectivity index (χ1n) is 3.07. The van der Waals surface area contributed by atoms with E-state index < -0.39 is 0 Å². The highest BCUT2D eigenvalue weighted by atomic mass is 31.0. The number of hydrogen-bond donors (Lipinski definition) is 0. The van der Waals surface area contributed by atoms with Crippen molar-refractivity contribution in [2.75, 3.05) is 0 Å². The fourth-order valence-electron chi connectivity index (χ4n) is 0.609. The van der Waals surface area contributed by atoms with Crippen molar-refractivity contribution in [2.45, 2.75) is 19.8 Å². The molecule has 0 radical (unpaired) electrons. The van der Waals surface area contributed by atoms with E-state index in [2.05, 4.69) is 23.8 Å². The Bertz CT molecular complexity index is 174. The summed E-state index contributed by atoms with van der Waals surface area (Å²) in [4.78, 5) is 8.13. The van der Waals surface area contributed by atoms with Gasteiger partial charge in [-0.2, -0.15) is 9.90 Å². The van der Waals surface area contributed by atoms with E-state index in [-0.39, 0.29) is 9.90 Å². The minimum atomic E-state index is 0. The zero-order valence-corrected chi connectivity index (χ0v) is 7.83. The van der Waals surface area contributed by atoms with Crippen LogP contribution in [0.3, 0.4) is 0 Å². The largest absolute Gasteiger partial charge is 0.241 e. The fourth-order valence-corrected chi connectivity index (χ4v) is 0.609. The molecule has 3 heteroatoms. The smallest absolute Gasteiger partial charge is 0.130 e. The highest BCUT2D eigenvalue weighted by molar-refractivity contribution is 6.92. The fraction of sp³-hybridized carbons (Fsp3) is 0.429. The molecule has 10 heavy (non-hydrogen) atoms. The van der Waals surface area contributed by atoms with Crippen molar-refractivity contribution >= 4 is 9.90 Å². The number of nitrogens with zero attached hydrogens (tertiary/aromatic N) is 2. The van der Waals surface area contributed by atoms with Gasteiger partial charge in [-0.3, -0.25) is 0 Å². The molecule has 1 rings (SSSR count). The van der Waals surface area contributed by atoms with Gasteiger partial charge in [0.05, 0.1) is 0 Å². The Balaban J connectivity index is 0.000000810. The van der Waals surface area contributed by atoms with E-state index in [9.17, 15) is 0 Å². The highest BCUT2D eigenvalue weighted by Crippen LogP contribution is 2.04. The van der Waals surface area contributed by atoms with Gasteiger partial charge >= 0.3 is 0 Å². The monoisotopic (exact) mass is 156 g/mol. The van der Waals surface area contributed by atoms with Gasteiger partial charge in [-0.05, 0) is 6.07 Å². The van der Waals surface area contributed by atoms with Crippen LogP contribution in [0.4, 0.5) is 0 Å². The second-order valence-corrected chi connectivity index (χ2v) is 2.26. The normalized spacial score (nSPS) is 9.10. The average molecular weight is 156 g/mol. The van der Waals surface area contributed by atoms with Crippen LogP contribution in [-0.2, 0) is 0 Å². The summed E-state index contributed by atoms with van der Waals surface area (Å²) in [5.74, 6) is 1.35. The molecule has 0 aliphatic rings. The summed E-state index contributed by atoms with van der Waals surface area (Å²) in [5.41, 5.74) is 0. The Hall–Kier alpha value is -0.490. The predicted molar refractivity (Wildman–Crippen MR) is 47.2 cm³/mol. The molecule has 2 nitrogen and oxygen atoms in total. The van der Waals surface area contributed by atoms with Crippen LogP contribution in [0.2, 0.25) is 0 Å². The number of aromatic nitrogens is 2. The Kier molecular flexibility index (Phi) is 4.13. The van der Waals surface area contributed by atoms with Gasteiger partial charge < -0.3 is 0 Å². The summed E-state index contributed by atoms with van der Waals surface area (Å²) < 4.78 is 0. The maximum Gasteiger partial charge on any atom is 0.130 e. The third kappa shape index (κ3) is 2.40. The van der Waals surface area contributed by atoms with Gasteiger partial charge in [-0.1, -0.05) is 13.8 Å². The van der Waals surface area contributed by atoms with Gasteiger partial charge in [0.2, 0.25) is 0 Å². The van der Waals surface area contributed by atoms with Crippen molar-refractivity contribution in [1.29, 1.82) is 0 Å². The molecule has 0 bridgehead atoms. The van der Waals surface area contributed by atoms with Gasteiger partial charge in [0.1, 0.15) is 5.82 Å². The van der Waals surface area contributed by atoms with Gasteiger partial charge in [-0.25, -0.2) is 9.97 Å². The molecule has 1 aromatic rings. The molecule has 0 spiro atoms. The maximum absolute atomic E-state index is 4.07. The molecular formula is C7H13N2P. The standard InChI is InChI=1S/C7H10N2.H3P/c1-6(2)7-8-4-3-5-9-7;/h3-6H,1-2H3;1H3. The maximum atomic E-state index is 4.07. The zero-order chi connectivity index (χ0) is 6.69. The SMILES string of the molecule is CC(C)c1ncccn1.P. The minimum absolute atomic E-state index is 0. The van der Waals surface area contributed by atoms with Crippen LogP contribution < -0.4 is 0 Å². The van der Waals surface area contributed by atoms with E-state index in [4.69, 9.17) is 0 Å². The molecule has 0 aliphatic carbocycles. The van der Waals surface area contributed by atoms with E-state index in [1.807, 2.05) is 6.07 Å².